The molecular weight excluding hydrogens is 258 g/mol. The van der Waals surface area contributed by atoms with E-state index in [-0.39, 0.29) is 13.0 Å². The van der Waals surface area contributed by atoms with Gasteiger partial charge in [-0.1, -0.05) is 17.7 Å². The number of benzene rings is 1. The number of carboxylic acids is 1. The van der Waals surface area contributed by atoms with Gasteiger partial charge in [-0.25, -0.2) is 4.79 Å². The van der Waals surface area contributed by atoms with Crippen molar-refractivity contribution in [3.8, 4) is 0 Å². The second-order valence-electron chi connectivity index (χ2n) is 4.13. The summed E-state index contributed by atoms with van der Waals surface area (Å²) in [5, 5.41) is 9.32. The van der Waals surface area contributed by atoms with Crippen molar-refractivity contribution in [3.63, 3.8) is 0 Å². The molecule has 0 saturated carbocycles. The highest BCUT2D eigenvalue weighted by Crippen LogP contribution is 2.30. The molecular formula is C12H12ClNO4. The number of cyclic esters (lactones) is 1. The van der Waals surface area contributed by atoms with Gasteiger partial charge in [0.25, 0.3) is 0 Å². The lowest BCUT2D eigenvalue weighted by atomic mass is 10.1. The van der Waals surface area contributed by atoms with Crippen molar-refractivity contribution >= 4 is 29.4 Å². The van der Waals surface area contributed by atoms with Crippen molar-refractivity contribution in [2.75, 3.05) is 11.5 Å². The molecule has 0 aliphatic carbocycles. The van der Waals surface area contributed by atoms with E-state index in [4.69, 9.17) is 21.4 Å². The normalized spacial score (nSPS) is 18.9. The molecule has 1 unspecified atom stereocenters. The van der Waals surface area contributed by atoms with Gasteiger partial charge in [0.2, 0.25) is 0 Å². The Bertz CT molecular complexity index is 503. The monoisotopic (exact) mass is 269 g/mol. The van der Waals surface area contributed by atoms with E-state index in [9.17, 15) is 9.59 Å². The lowest BCUT2D eigenvalue weighted by Crippen LogP contribution is -2.35. The number of rotatable bonds is 3. The lowest BCUT2D eigenvalue weighted by molar-refractivity contribution is -0.137. The minimum absolute atomic E-state index is 0.0804. The summed E-state index contributed by atoms with van der Waals surface area (Å²) in [7, 11) is 0. The van der Waals surface area contributed by atoms with Crippen molar-refractivity contribution in [1.29, 1.82) is 0 Å². The molecule has 5 nitrogen and oxygen atoms in total. The molecule has 2 rings (SSSR count). The number of carboxylic acid groups (broad SMARTS) is 1. The Morgan fingerprint density at radius 3 is 3.00 bits per heavy atom. The molecule has 0 bridgehead atoms. The number of halogens is 1. The van der Waals surface area contributed by atoms with E-state index in [1.54, 1.807) is 18.2 Å². The molecule has 1 fully saturated rings. The molecule has 6 heteroatoms. The first-order chi connectivity index (χ1) is 8.49. The predicted molar refractivity (Wildman–Crippen MR) is 66.1 cm³/mol. The summed E-state index contributed by atoms with van der Waals surface area (Å²) in [4.78, 5) is 23.8. The van der Waals surface area contributed by atoms with E-state index >= 15 is 0 Å². The van der Waals surface area contributed by atoms with Crippen molar-refractivity contribution in [2.24, 2.45) is 0 Å². The SMILES string of the molecule is Cc1ccc(Cl)cc1N1C(=O)OCC1CC(=O)O. The van der Waals surface area contributed by atoms with Crippen LogP contribution < -0.4 is 4.90 Å². The van der Waals surface area contributed by atoms with Gasteiger partial charge in [0.05, 0.1) is 18.2 Å². The molecule has 1 aliphatic rings. The second-order valence-corrected chi connectivity index (χ2v) is 4.57. The van der Waals surface area contributed by atoms with Crippen molar-refractivity contribution in [3.05, 3.63) is 28.8 Å². The summed E-state index contributed by atoms with van der Waals surface area (Å²) in [5.41, 5.74) is 1.44. The van der Waals surface area contributed by atoms with Crippen LogP contribution in [0.15, 0.2) is 18.2 Å². The topological polar surface area (TPSA) is 66.8 Å². The first-order valence-electron chi connectivity index (χ1n) is 5.43. The quantitative estimate of drug-likeness (QED) is 0.915. The highest BCUT2D eigenvalue weighted by molar-refractivity contribution is 6.31. The van der Waals surface area contributed by atoms with Gasteiger partial charge >= 0.3 is 12.1 Å². The molecule has 0 radical (unpaired) electrons. The Balaban J connectivity index is 2.36. The van der Waals surface area contributed by atoms with Gasteiger partial charge in [-0.3, -0.25) is 9.69 Å². The number of ether oxygens (including phenoxy) is 1. The van der Waals surface area contributed by atoms with Gasteiger partial charge in [0.15, 0.2) is 0 Å². The van der Waals surface area contributed by atoms with Crippen LogP contribution in [0.2, 0.25) is 5.02 Å². The minimum Gasteiger partial charge on any atom is -0.481 e. The smallest absolute Gasteiger partial charge is 0.414 e. The van der Waals surface area contributed by atoms with Crippen LogP contribution in [0.4, 0.5) is 10.5 Å². The Labute approximate surface area is 109 Å². The van der Waals surface area contributed by atoms with Crippen LogP contribution in [0.5, 0.6) is 0 Å². The molecule has 1 N–H and O–H groups in total. The molecule has 1 saturated heterocycles. The van der Waals surface area contributed by atoms with Crippen LogP contribution in [0.3, 0.4) is 0 Å². The van der Waals surface area contributed by atoms with Crippen LogP contribution in [0.25, 0.3) is 0 Å². The summed E-state index contributed by atoms with van der Waals surface area (Å²) in [6.07, 6.45) is -0.691. The Morgan fingerprint density at radius 2 is 2.33 bits per heavy atom. The Kier molecular flexibility index (Phi) is 3.43. The molecule has 1 aromatic rings. The number of anilines is 1. The maximum Gasteiger partial charge on any atom is 0.414 e. The molecule has 1 aromatic carbocycles. The number of hydrogen-bond acceptors (Lipinski definition) is 3. The van der Waals surface area contributed by atoms with Crippen LogP contribution in [-0.4, -0.2) is 29.8 Å². The minimum atomic E-state index is -0.969. The molecule has 1 atom stereocenters. The largest absolute Gasteiger partial charge is 0.481 e. The maximum atomic E-state index is 11.7. The van der Waals surface area contributed by atoms with Crippen molar-refractivity contribution < 1.29 is 19.4 Å². The zero-order valence-electron chi connectivity index (χ0n) is 9.72. The predicted octanol–water partition coefficient (Wildman–Crippen LogP) is 2.45. The molecule has 0 aromatic heterocycles. The maximum absolute atomic E-state index is 11.7. The summed E-state index contributed by atoms with van der Waals surface area (Å²) in [6.45, 7) is 1.91. The van der Waals surface area contributed by atoms with Gasteiger partial charge in [-0.2, -0.15) is 0 Å². The second kappa shape index (κ2) is 4.86. The fourth-order valence-electron chi connectivity index (χ4n) is 1.95. The fourth-order valence-corrected chi connectivity index (χ4v) is 2.12. The third-order valence-corrected chi connectivity index (χ3v) is 3.04. The highest BCUT2D eigenvalue weighted by atomic mass is 35.5. The van der Waals surface area contributed by atoms with E-state index in [2.05, 4.69) is 0 Å². The molecule has 96 valence electrons. The lowest BCUT2D eigenvalue weighted by Gasteiger charge is -2.22. The highest BCUT2D eigenvalue weighted by Gasteiger charge is 2.36. The zero-order valence-corrected chi connectivity index (χ0v) is 10.5. The summed E-state index contributed by atoms with van der Waals surface area (Å²) in [5.74, 6) is -0.969. The fraction of sp³-hybridized carbons (Fsp3) is 0.333. The molecule has 1 aliphatic heterocycles. The number of amides is 1. The zero-order chi connectivity index (χ0) is 13.3. The van der Waals surface area contributed by atoms with Crippen LogP contribution in [0.1, 0.15) is 12.0 Å². The average molecular weight is 270 g/mol. The standard InChI is InChI=1S/C12H12ClNO4/c1-7-2-3-8(13)4-10(7)14-9(5-11(15)16)6-18-12(14)17/h2-4,9H,5-6H2,1H3,(H,15,16). The molecule has 1 amide bonds. The van der Waals surface area contributed by atoms with Gasteiger partial charge < -0.3 is 9.84 Å². The van der Waals surface area contributed by atoms with E-state index in [1.807, 2.05) is 6.92 Å². The third kappa shape index (κ3) is 2.41. The molecule has 1 heterocycles. The van der Waals surface area contributed by atoms with Crippen molar-refractivity contribution in [1.82, 2.24) is 0 Å². The molecule has 0 spiro atoms. The number of hydrogen-bond donors (Lipinski definition) is 1. The summed E-state index contributed by atoms with van der Waals surface area (Å²) in [6, 6.07) is 4.64. The number of aliphatic carboxylic acids is 1. The molecule has 18 heavy (non-hydrogen) atoms. The van der Waals surface area contributed by atoms with Gasteiger partial charge in [-0.15, -0.1) is 0 Å². The summed E-state index contributed by atoms with van der Waals surface area (Å²) >= 11 is 5.90. The average Bonchev–Trinajstić information content (AvgIpc) is 2.63. The van der Waals surface area contributed by atoms with E-state index in [1.165, 1.54) is 4.90 Å². The van der Waals surface area contributed by atoms with Gasteiger partial charge in [-0.05, 0) is 24.6 Å². The van der Waals surface area contributed by atoms with E-state index < -0.39 is 18.1 Å². The van der Waals surface area contributed by atoms with Crippen molar-refractivity contribution in [2.45, 2.75) is 19.4 Å². The van der Waals surface area contributed by atoms with Crippen LogP contribution in [0, 0.1) is 6.92 Å². The number of nitrogens with zero attached hydrogens (tertiary/aromatic N) is 1. The van der Waals surface area contributed by atoms with Crippen LogP contribution >= 0.6 is 11.6 Å². The van der Waals surface area contributed by atoms with E-state index in [0.717, 1.165) is 5.56 Å². The number of carbonyl (C=O) groups excluding carboxylic acids is 1. The Morgan fingerprint density at radius 1 is 1.61 bits per heavy atom. The first kappa shape index (κ1) is 12.7. The summed E-state index contributed by atoms with van der Waals surface area (Å²) < 4.78 is 4.91. The Hall–Kier alpha value is -1.75. The number of aryl methyl sites for hydroxylation is 1. The van der Waals surface area contributed by atoms with Gasteiger partial charge in [0.1, 0.15) is 6.61 Å². The van der Waals surface area contributed by atoms with Crippen LogP contribution in [-0.2, 0) is 9.53 Å². The van der Waals surface area contributed by atoms with Gasteiger partial charge in [0, 0.05) is 5.02 Å². The number of carbonyl (C=O) groups is 2. The van der Waals surface area contributed by atoms with E-state index in [0.29, 0.717) is 10.7 Å². The third-order valence-electron chi connectivity index (χ3n) is 2.80. The first-order valence-corrected chi connectivity index (χ1v) is 5.81.